The van der Waals surface area contributed by atoms with Crippen LogP contribution in [0.2, 0.25) is 0 Å². The van der Waals surface area contributed by atoms with Crippen molar-refractivity contribution in [3.05, 3.63) is 66.2 Å². The minimum Gasteiger partial charge on any atom is -0.326 e. The Bertz CT molecular complexity index is 738. The Kier molecular flexibility index (Phi) is 2.97. The lowest BCUT2D eigenvalue weighted by molar-refractivity contribution is 0.640. The van der Waals surface area contributed by atoms with Crippen LogP contribution in [-0.4, -0.2) is 4.98 Å². The van der Waals surface area contributed by atoms with Crippen LogP contribution in [0.5, 0.6) is 0 Å². The van der Waals surface area contributed by atoms with E-state index < -0.39 is 0 Å². The standard InChI is InChI=1S/C16H13FN2/c17-16-6-5-13(14-3-1-2-4-15(14)16)12-7-11(8-18)9-19-10-12/h1-7,9-10H,8,18H2. The van der Waals surface area contributed by atoms with Gasteiger partial charge in [0, 0.05) is 29.9 Å². The Morgan fingerprint density at radius 2 is 1.79 bits per heavy atom. The predicted molar refractivity (Wildman–Crippen MR) is 75.0 cm³/mol. The van der Waals surface area contributed by atoms with E-state index in [4.69, 9.17) is 5.73 Å². The molecule has 0 radical (unpaired) electrons. The molecule has 3 aromatic rings. The SMILES string of the molecule is NCc1cncc(-c2ccc(F)c3ccccc23)c1. The number of hydrogen-bond donors (Lipinski definition) is 1. The Hall–Kier alpha value is -2.26. The van der Waals surface area contributed by atoms with Crippen LogP contribution in [0, 0.1) is 5.82 Å². The van der Waals surface area contributed by atoms with Crippen molar-refractivity contribution >= 4 is 10.8 Å². The second kappa shape index (κ2) is 4.78. The number of benzene rings is 2. The highest BCUT2D eigenvalue weighted by atomic mass is 19.1. The molecule has 19 heavy (non-hydrogen) atoms. The van der Waals surface area contributed by atoms with Crippen molar-refractivity contribution in [2.24, 2.45) is 5.73 Å². The highest BCUT2D eigenvalue weighted by molar-refractivity contribution is 5.96. The van der Waals surface area contributed by atoms with Crippen LogP contribution in [0.25, 0.3) is 21.9 Å². The minimum absolute atomic E-state index is 0.206. The van der Waals surface area contributed by atoms with Crippen molar-refractivity contribution in [1.29, 1.82) is 0 Å². The average Bonchev–Trinajstić information content (AvgIpc) is 2.48. The maximum absolute atomic E-state index is 13.8. The first-order chi connectivity index (χ1) is 9.29. The quantitative estimate of drug-likeness (QED) is 0.758. The molecule has 0 unspecified atom stereocenters. The molecule has 1 heterocycles. The summed E-state index contributed by atoms with van der Waals surface area (Å²) >= 11 is 0. The third-order valence-corrected chi connectivity index (χ3v) is 3.21. The highest BCUT2D eigenvalue weighted by Gasteiger charge is 2.07. The van der Waals surface area contributed by atoms with Crippen molar-refractivity contribution in [2.45, 2.75) is 6.54 Å². The molecule has 2 aromatic carbocycles. The third-order valence-electron chi connectivity index (χ3n) is 3.21. The van der Waals surface area contributed by atoms with Gasteiger partial charge in [-0.3, -0.25) is 4.98 Å². The number of hydrogen-bond acceptors (Lipinski definition) is 2. The Labute approximate surface area is 110 Å². The summed E-state index contributed by atoms with van der Waals surface area (Å²) in [7, 11) is 0. The third kappa shape index (κ3) is 2.09. The van der Waals surface area contributed by atoms with Crippen molar-refractivity contribution in [3.8, 4) is 11.1 Å². The summed E-state index contributed by atoms with van der Waals surface area (Å²) in [6.07, 6.45) is 3.52. The number of fused-ring (bicyclic) bond motifs is 1. The van der Waals surface area contributed by atoms with Gasteiger partial charge in [0.15, 0.2) is 0 Å². The molecule has 0 spiro atoms. The molecule has 0 amide bonds. The number of rotatable bonds is 2. The summed E-state index contributed by atoms with van der Waals surface area (Å²) in [4.78, 5) is 4.19. The molecule has 0 fully saturated rings. The minimum atomic E-state index is -0.206. The number of aromatic nitrogens is 1. The summed E-state index contributed by atoms with van der Waals surface area (Å²) < 4.78 is 13.8. The fourth-order valence-electron chi connectivity index (χ4n) is 2.26. The van der Waals surface area contributed by atoms with Crippen LogP contribution in [0.4, 0.5) is 4.39 Å². The largest absolute Gasteiger partial charge is 0.326 e. The van der Waals surface area contributed by atoms with Gasteiger partial charge >= 0.3 is 0 Å². The van der Waals surface area contributed by atoms with Gasteiger partial charge in [0.1, 0.15) is 5.82 Å². The van der Waals surface area contributed by atoms with Gasteiger partial charge < -0.3 is 5.73 Å². The van der Waals surface area contributed by atoms with Crippen molar-refractivity contribution in [2.75, 3.05) is 0 Å². The van der Waals surface area contributed by atoms with E-state index in [-0.39, 0.29) is 5.82 Å². The van der Waals surface area contributed by atoms with Crippen molar-refractivity contribution in [1.82, 2.24) is 4.98 Å². The van der Waals surface area contributed by atoms with Crippen LogP contribution < -0.4 is 5.73 Å². The molecule has 0 saturated heterocycles. The molecule has 94 valence electrons. The van der Waals surface area contributed by atoms with Gasteiger partial charge in [-0.1, -0.05) is 30.3 Å². The molecular weight excluding hydrogens is 239 g/mol. The van der Waals surface area contributed by atoms with Gasteiger partial charge in [-0.2, -0.15) is 0 Å². The second-order valence-corrected chi connectivity index (χ2v) is 4.43. The Balaban J connectivity index is 2.28. The molecule has 3 heteroatoms. The highest BCUT2D eigenvalue weighted by Crippen LogP contribution is 2.30. The number of nitrogens with two attached hydrogens (primary N) is 1. The first-order valence-electron chi connectivity index (χ1n) is 6.11. The smallest absolute Gasteiger partial charge is 0.131 e. The van der Waals surface area contributed by atoms with Crippen LogP contribution in [0.3, 0.4) is 0 Å². The number of pyridine rings is 1. The molecule has 3 rings (SSSR count). The lowest BCUT2D eigenvalue weighted by atomic mass is 9.98. The Morgan fingerprint density at radius 1 is 1.00 bits per heavy atom. The molecule has 0 aliphatic rings. The van der Waals surface area contributed by atoms with E-state index >= 15 is 0 Å². The first kappa shape index (κ1) is 11.8. The van der Waals surface area contributed by atoms with E-state index in [1.54, 1.807) is 24.5 Å². The molecule has 0 saturated carbocycles. The summed E-state index contributed by atoms with van der Waals surface area (Å²) in [5.41, 5.74) is 8.53. The second-order valence-electron chi connectivity index (χ2n) is 4.43. The fourth-order valence-corrected chi connectivity index (χ4v) is 2.26. The summed E-state index contributed by atoms with van der Waals surface area (Å²) in [5.74, 6) is -0.206. The van der Waals surface area contributed by atoms with Gasteiger partial charge in [0.05, 0.1) is 0 Å². The zero-order chi connectivity index (χ0) is 13.2. The normalized spacial score (nSPS) is 10.8. The van der Waals surface area contributed by atoms with E-state index in [0.29, 0.717) is 11.9 Å². The summed E-state index contributed by atoms with van der Waals surface area (Å²) in [6, 6.07) is 12.7. The maximum atomic E-state index is 13.8. The van der Waals surface area contributed by atoms with Gasteiger partial charge in [0.2, 0.25) is 0 Å². The van der Waals surface area contributed by atoms with E-state index in [1.165, 1.54) is 6.07 Å². The molecule has 0 bridgehead atoms. The lowest BCUT2D eigenvalue weighted by Crippen LogP contribution is -1.97. The van der Waals surface area contributed by atoms with Crippen LogP contribution in [0.15, 0.2) is 54.9 Å². The van der Waals surface area contributed by atoms with Crippen molar-refractivity contribution in [3.63, 3.8) is 0 Å². The van der Waals surface area contributed by atoms with Crippen LogP contribution in [-0.2, 0) is 6.54 Å². The zero-order valence-electron chi connectivity index (χ0n) is 10.3. The van der Waals surface area contributed by atoms with E-state index in [9.17, 15) is 4.39 Å². The molecule has 0 aliphatic carbocycles. The molecule has 2 nitrogen and oxygen atoms in total. The van der Waals surface area contributed by atoms with Gasteiger partial charge in [-0.25, -0.2) is 4.39 Å². The van der Waals surface area contributed by atoms with Gasteiger partial charge in [-0.05, 0) is 28.6 Å². The molecule has 0 atom stereocenters. The van der Waals surface area contributed by atoms with Crippen LogP contribution >= 0.6 is 0 Å². The summed E-state index contributed by atoms with van der Waals surface area (Å²) in [6.45, 7) is 0.444. The van der Waals surface area contributed by atoms with Gasteiger partial charge in [0.25, 0.3) is 0 Å². The van der Waals surface area contributed by atoms with E-state index in [2.05, 4.69) is 4.98 Å². The number of nitrogens with zero attached hydrogens (tertiary/aromatic N) is 1. The van der Waals surface area contributed by atoms with Crippen LogP contribution in [0.1, 0.15) is 5.56 Å². The van der Waals surface area contributed by atoms with Crippen molar-refractivity contribution < 1.29 is 4.39 Å². The van der Waals surface area contributed by atoms with E-state index in [1.807, 2.05) is 24.3 Å². The lowest BCUT2D eigenvalue weighted by Gasteiger charge is -2.08. The molecule has 0 aliphatic heterocycles. The first-order valence-corrected chi connectivity index (χ1v) is 6.11. The molecular formula is C16H13FN2. The predicted octanol–water partition coefficient (Wildman–Crippen LogP) is 3.50. The fraction of sp³-hybridized carbons (Fsp3) is 0.0625. The zero-order valence-corrected chi connectivity index (χ0v) is 10.3. The molecule has 1 aromatic heterocycles. The van der Waals surface area contributed by atoms with Gasteiger partial charge in [-0.15, -0.1) is 0 Å². The maximum Gasteiger partial charge on any atom is 0.131 e. The monoisotopic (exact) mass is 252 g/mol. The Morgan fingerprint density at radius 3 is 2.58 bits per heavy atom. The number of halogens is 1. The topological polar surface area (TPSA) is 38.9 Å². The average molecular weight is 252 g/mol. The van der Waals surface area contributed by atoms with E-state index in [0.717, 1.165) is 22.1 Å². The molecule has 2 N–H and O–H groups in total. The summed E-state index contributed by atoms with van der Waals surface area (Å²) in [5, 5.41) is 1.51.